The van der Waals surface area contributed by atoms with Gasteiger partial charge in [0.15, 0.2) is 17.3 Å². The number of carbonyl (C=O) groups is 3. The second-order valence-corrected chi connectivity index (χ2v) is 25.0. The topological polar surface area (TPSA) is 80.4 Å². The number of ketones is 3. The molecule has 63 heavy (non-hydrogen) atoms. The predicted octanol–water partition coefficient (Wildman–Crippen LogP) is 7.92. The summed E-state index contributed by atoms with van der Waals surface area (Å²) in [6.07, 6.45) is 19.4. The van der Waals surface area contributed by atoms with Crippen LogP contribution in [0.3, 0.4) is 0 Å². The summed E-state index contributed by atoms with van der Waals surface area (Å²) in [7, 11) is 6.41. The van der Waals surface area contributed by atoms with Crippen LogP contribution in [0.15, 0.2) is 0 Å². The molecular weight excluding hydrogens is 787 g/mol. The molecule has 0 spiro atoms. The molecule has 0 amide bonds. The number of hydrogen-bond acceptors (Lipinski definition) is 12. The molecule has 3 atom stereocenters. The number of likely N-dealkylation sites (N-methyl/N-ethyl adjacent to an activating group) is 3. The minimum absolute atomic E-state index is 0.193. The highest BCUT2D eigenvalue weighted by Gasteiger charge is 2.58. The summed E-state index contributed by atoms with van der Waals surface area (Å²) in [4.78, 5) is 52.7. The standard InChI is InChI=1S/C51H93N9O3/c1-46(2)31-40(43(61)49(7,8)52(46)13)58(37-25-19-16-20-26-37)55-34-56(59(38-27-21-17-22-28-38)41-32-47(3,4)53(14)50(9,10)44(41)62)36-57(35-55)60(39-29-23-18-24-30-39)42-33-48(5,6)54(15)51(11,12)45(42)63/h37-42H,16-36H2,1-15H3. The van der Waals surface area contributed by atoms with E-state index in [1.54, 1.807) is 0 Å². The largest absolute Gasteiger partial charge is 0.296 e. The smallest absolute Gasteiger partial charge is 0.171 e. The Kier molecular flexibility index (Phi) is 14.1. The number of hydrazine groups is 3. The highest BCUT2D eigenvalue weighted by Crippen LogP contribution is 2.45. The van der Waals surface area contributed by atoms with E-state index in [0.717, 1.165) is 57.8 Å². The van der Waals surface area contributed by atoms with Gasteiger partial charge in [0, 0.05) is 34.7 Å². The van der Waals surface area contributed by atoms with Crippen LogP contribution >= 0.6 is 0 Å². The number of likely N-dealkylation sites (tertiary alicyclic amines) is 3. The van der Waals surface area contributed by atoms with Crippen LogP contribution in [0, 0.1) is 0 Å². The molecular formula is C51H93N9O3. The van der Waals surface area contributed by atoms with E-state index in [4.69, 9.17) is 0 Å². The lowest BCUT2D eigenvalue weighted by molar-refractivity contribution is -0.296. The fourth-order valence-corrected chi connectivity index (χ4v) is 14.0. The minimum Gasteiger partial charge on any atom is -0.296 e. The SMILES string of the molecule is CN1C(C)(C)CC(N(C2CCCCC2)N2CN(N(C3CCCCC3)C3CC(C)(C)N(C)C(C)(C)C3=O)CN(N(C3CCCCC3)C3CC(C)(C)N(C)C(C)(C)C3=O)C2)C(=O)C1(C)C. The van der Waals surface area contributed by atoms with Crippen LogP contribution in [0.4, 0.5) is 0 Å². The Morgan fingerprint density at radius 3 is 0.778 bits per heavy atom. The molecule has 4 heterocycles. The van der Waals surface area contributed by atoms with Gasteiger partial charge >= 0.3 is 0 Å². The number of Topliss-reactive ketones (excluding diaryl/α,β-unsaturated/α-hetero) is 3. The molecule has 12 nitrogen and oxygen atoms in total. The first kappa shape index (κ1) is 49.6. The van der Waals surface area contributed by atoms with Crippen molar-refractivity contribution >= 4 is 17.3 Å². The van der Waals surface area contributed by atoms with Gasteiger partial charge in [0.25, 0.3) is 0 Å². The van der Waals surface area contributed by atoms with Gasteiger partial charge in [-0.2, -0.15) is 0 Å². The zero-order chi connectivity index (χ0) is 46.2. The van der Waals surface area contributed by atoms with Gasteiger partial charge in [-0.15, -0.1) is 0 Å². The summed E-state index contributed by atoms with van der Waals surface area (Å²) >= 11 is 0. The van der Waals surface area contributed by atoms with Gasteiger partial charge in [-0.25, -0.2) is 30.1 Å². The van der Waals surface area contributed by atoms with Crippen molar-refractivity contribution in [2.24, 2.45) is 0 Å². The van der Waals surface area contributed by atoms with Crippen molar-refractivity contribution in [3.05, 3.63) is 0 Å². The average molecular weight is 880 g/mol. The average Bonchev–Trinajstić information content (AvgIpc) is 3.23. The first-order valence-corrected chi connectivity index (χ1v) is 25.7. The van der Waals surface area contributed by atoms with Gasteiger partial charge < -0.3 is 0 Å². The third-order valence-corrected chi connectivity index (χ3v) is 18.8. The summed E-state index contributed by atoms with van der Waals surface area (Å²) < 4.78 is 0. The molecule has 0 N–H and O–H groups in total. The van der Waals surface area contributed by atoms with Crippen molar-refractivity contribution in [3.8, 4) is 0 Å². The first-order valence-electron chi connectivity index (χ1n) is 25.7. The number of piperidine rings is 3. The molecule has 0 radical (unpaired) electrons. The molecule has 0 bridgehead atoms. The molecule has 12 heteroatoms. The maximum Gasteiger partial charge on any atom is 0.171 e. The predicted molar refractivity (Wildman–Crippen MR) is 254 cm³/mol. The van der Waals surface area contributed by atoms with Crippen LogP contribution in [0.5, 0.6) is 0 Å². The van der Waals surface area contributed by atoms with E-state index in [0.29, 0.717) is 37.4 Å². The van der Waals surface area contributed by atoms with Gasteiger partial charge in [0.1, 0.15) is 0 Å². The van der Waals surface area contributed by atoms with Crippen molar-refractivity contribution in [2.45, 2.75) is 268 Å². The number of nitrogens with zero attached hydrogens (tertiary/aromatic N) is 9. The van der Waals surface area contributed by atoms with E-state index in [-0.39, 0.29) is 52.9 Å². The van der Waals surface area contributed by atoms with Gasteiger partial charge in [0.05, 0.1) is 54.7 Å². The molecule has 360 valence electrons. The van der Waals surface area contributed by atoms with Crippen LogP contribution in [0.2, 0.25) is 0 Å². The second kappa shape index (κ2) is 17.9. The Labute approximate surface area is 384 Å². The summed E-state index contributed by atoms with van der Waals surface area (Å²) in [5.41, 5.74) is -2.48. The van der Waals surface area contributed by atoms with Crippen LogP contribution < -0.4 is 0 Å². The van der Waals surface area contributed by atoms with E-state index in [1.807, 2.05) is 0 Å². The Bertz CT molecular complexity index is 1460. The third-order valence-electron chi connectivity index (χ3n) is 18.8. The molecule has 3 unspecified atom stereocenters. The molecule has 0 aromatic rings. The van der Waals surface area contributed by atoms with Gasteiger partial charge in [-0.05, 0) is 162 Å². The van der Waals surface area contributed by atoms with Gasteiger partial charge in [0.2, 0.25) is 0 Å². The Morgan fingerprint density at radius 2 is 0.571 bits per heavy atom. The van der Waals surface area contributed by atoms with Crippen molar-refractivity contribution in [1.29, 1.82) is 0 Å². The number of carbonyl (C=O) groups excluding carboxylic acids is 3. The van der Waals surface area contributed by atoms with Crippen molar-refractivity contribution in [2.75, 3.05) is 41.1 Å². The fourth-order valence-electron chi connectivity index (χ4n) is 14.0. The van der Waals surface area contributed by atoms with Crippen molar-refractivity contribution < 1.29 is 14.4 Å². The normalized spacial score (nSPS) is 33.8. The lowest BCUT2D eigenvalue weighted by Crippen LogP contribution is -2.78. The fraction of sp³-hybridized carbons (Fsp3) is 0.941. The molecule has 0 aromatic heterocycles. The zero-order valence-corrected chi connectivity index (χ0v) is 43.1. The van der Waals surface area contributed by atoms with E-state index in [9.17, 15) is 0 Å². The quantitative estimate of drug-likeness (QED) is 0.226. The Balaban J connectivity index is 1.41. The van der Waals surface area contributed by atoms with Gasteiger partial charge in [-0.1, -0.05) is 57.8 Å². The van der Waals surface area contributed by atoms with Crippen LogP contribution in [-0.2, 0) is 14.4 Å². The lowest BCUT2D eigenvalue weighted by atomic mass is 9.75. The van der Waals surface area contributed by atoms with Crippen molar-refractivity contribution in [3.63, 3.8) is 0 Å². The molecule has 4 aliphatic heterocycles. The van der Waals surface area contributed by atoms with Gasteiger partial charge in [-0.3, -0.25) is 29.1 Å². The second-order valence-electron chi connectivity index (χ2n) is 25.0. The summed E-state index contributed by atoms with van der Waals surface area (Å²) in [5, 5.41) is 15.6. The lowest BCUT2D eigenvalue weighted by Gasteiger charge is -2.63. The Hall–Kier alpha value is -1.35. The highest BCUT2D eigenvalue weighted by molar-refractivity contribution is 5.94. The molecule has 3 aliphatic carbocycles. The van der Waals surface area contributed by atoms with E-state index in [2.05, 4.69) is 149 Å². The van der Waals surface area contributed by atoms with E-state index in [1.165, 1.54) is 57.8 Å². The molecule has 3 saturated carbocycles. The molecule has 7 aliphatic rings. The highest BCUT2D eigenvalue weighted by atomic mass is 16.2. The number of rotatable bonds is 9. The maximum absolute atomic E-state index is 15.3. The molecule has 0 aromatic carbocycles. The van der Waals surface area contributed by atoms with Crippen LogP contribution in [0.25, 0.3) is 0 Å². The van der Waals surface area contributed by atoms with Crippen LogP contribution in [-0.4, -0.2) is 173 Å². The summed E-state index contributed by atoms with van der Waals surface area (Å²) in [5.74, 6) is 0.902. The maximum atomic E-state index is 15.3. The first-order chi connectivity index (χ1) is 29.2. The third kappa shape index (κ3) is 9.07. The van der Waals surface area contributed by atoms with E-state index < -0.39 is 16.6 Å². The summed E-state index contributed by atoms with van der Waals surface area (Å²) in [6.45, 7) is 28.6. The van der Waals surface area contributed by atoms with E-state index >= 15 is 14.4 Å². The molecule has 7 rings (SSSR count). The monoisotopic (exact) mass is 880 g/mol. The molecule has 7 fully saturated rings. The Morgan fingerprint density at radius 1 is 0.365 bits per heavy atom. The zero-order valence-electron chi connectivity index (χ0n) is 43.1. The molecule has 4 saturated heterocycles. The van der Waals surface area contributed by atoms with Crippen LogP contribution in [0.1, 0.15) is 199 Å². The summed E-state index contributed by atoms with van der Waals surface area (Å²) in [6, 6.07) is -0.140. The van der Waals surface area contributed by atoms with Crippen molar-refractivity contribution in [1.82, 2.24) is 44.8 Å². The number of hydrogen-bond donors (Lipinski definition) is 0. The minimum atomic E-state index is -0.633.